The fourth-order valence-electron chi connectivity index (χ4n) is 1.31. The molecular weight excluding hydrogens is 224 g/mol. The molecular formula is C11H10N2O2S. The van der Waals surface area contributed by atoms with Gasteiger partial charge in [0.25, 0.3) is 0 Å². The highest BCUT2D eigenvalue weighted by Crippen LogP contribution is 2.19. The minimum atomic E-state index is -0.207. The smallest absolute Gasteiger partial charge is 0.234 e. The van der Waals surface area contributed by atoms with Gasteiger partial charge >= 0.3 is 0 Å². The average molecular weight is 234 g/mol. The Bertz CT molecular complexity index is 522. The number of methoxy groups -OCH3 is 1. The fourth-order valence-corrected chi connectivity index (χ4v) is 1.91. The Morgan fingerprint density at radius 3 is 2.94 bits per heavy atom. The average Bonchev–Trinajstić information content (AvgIpc) is 2.75. The van der Waals surface area contributed by atoms with Crippen LogP contribution in [0.1, 0.15) is 21.2 Å². The Hall–Kier alpha value is -1.75. The molecule has 0 aliphatic rings. The number of ketones is 1. The van der Waals surface area contributed by atoms with Crippen LogP contribution in [0.4, 0.5) is 0 Å². The van der Waals surface area contributed by atoms with Crippen molar-refractivity contribution in [1.29, 1.82) is 0 Å². The second kappa shape index (κ2) is 4.40. The van der Waals surface area contributed by atoms with Gasteiger partial charge in [0.2, 0.25) is 5.78 Å². The lowest BCUT2D eigenvalue weighted by Gasteiger charge is -2.03. The Labute approximate surface area is 96.9 Å². The molecule has 0 aromatic carbocycles. The summed E-state index contributed by atoms with van der Waals surface area (Å²) < 4.78 is 5.09. The minimum Gasteiger partial charge on any atom is -0.494 e. The van der Waals surface area contributed by atoms with Crippen LogP contribution in [0.25, 0.3) is 0 Å². The zero-order valence-electron chi connectivity index (χ0n) is 8.93. The molecule has 5 heteroatoms. The number of pyridine rings is 1. The van der Waals surface area contributed by atoms with Gasteiger partial charge in [0.05, 0.1) is 12.1 Å². The predicted molar refractivity (Wildman–Crippen MR) is 61.1 cm³/mol. The first-order chi connectivity index (χ1) is 7.72. The van der Waals surface area contributed by atoms with Gasteiger partial charge in [-0.25, -0.2) is 9.97 Å². The second-order valence-corrected chi connectivity index (χ2v) is 4.20. The molecule has 0 bridgehead atoms. The van der Waals surface area contributed by atoms with Crippen LogP contribution in [-0.4, -0.2) is 22.9 Å². The van der Waals surface area contributed by atoms with Crippen molar-refractivity contribution in [2.24, 2.45) is 0 Å². The molecule has 0 atom stereocenters. The van der Waals surface area contributed by atoms with E-state index in [0.717, 1.165) is 5.01 Å². The number of thiazole rings is 1. The number of carbonyl (C=O) groups is 1. The first-order valence-corrected chi connectivity index (χ1v) is 5.56. The number of rotatable bonds is 3. The number of aromatic nitrogens is 2. The van der Waals surface area contributed by atoms with E-state index in [2.05, 4.69) is 9.97 Å². The lowest BCUT2D eigenvalue weighted by atomic mass is 10.2. The zero-order chi connectivity index (χ0) is 11.5. The van der Waals surface area contributed by atoms with Gasteiger partial charge < -0.3 is 4.74 Å². The van der Waals surface area contributed by atoms with Gasteiger partial charge in [-0.2, -0.15) is 0 Å². The topological polar surface area (TPSA) is 52.1 Å². The lowest BCUT2D eigenvalue weighted by molar-refractivity contribution is 0.102. The normalized spacial score (nSPS) is 10.1. The van der Waals surface area contributed by atoms with E-state index in [1.54, 1.807) is 23.7 Å². The van der Waals surface area contributed by atoms with Crippen molar-refractivity contribution < 1.29 is 9.53 Å². The van der Waals surface area contributed by atoms with E-state index < -0.39 is 0 Å². The number of carbonyl (C=O) groups excluding carboxylic acids is 1. The molecule has 2 aromatic heterocycles. The summed E-state index contributed by atoms with van der Waals surface area (Å²) in [5.41, 5.74) is 0.717. The van der Waals surface area contributed by atoms with Crippen LogP contribution in [-0.2, 0) is 0 Å². The standard InChI is InChI=1S/C11H10N2O2S/c1-7-13-8(6-16-7)11(14)10-9(15-2)4-3-5-12-10/h3-6H,1-2H3. The van der Waals surface area contributed by atoms with E-state index >= 15 is 0 Å². The summed E-state index contributed by atoms with van der Waals surface area (Å²) in [5, 5.41) is 2.59. The Kier molecular flexibility index (Phi) is 2.96. The lowest BCUT2D eigenvalue weighted by Crippen LogP contribution is -2.06. The molecule has 0 aliphatic carbocycles. The SMILES string of the molecule is COc1cccnc1C(=O)c1csc(C)n1. The maximum Gasteiger partial charge on any atom is 0.234 e. The summed E-state index contributed by atoms with van der Waals surface area (Å²) in [6.45, 7) is 1.86. The molecule has 0 amide bonds. The van der Waals surface area contributed by atoms with Crippen molar-refractivity contribution in [3.63, 3.8) is 0 Å². The first-order valence-electron chi connectivity index (χ1n) is 4.68. The van der Waals surface area contributed by atoms with Crippen LogP contribution >= 0.6 is 11.3 Å². The Morgan fingerprint density at radius 2 is 2.31 bits per heavy atom. The van der Waals surface area contributed by atoms with Gasteiger partial charge in [0.15, 0.2) is 5.69 Å². The van der Waals surface area contributed by atoms with E-state index in [1.165, 1.54) is 18.4 Å². The highest BCUT2D eigenvalue weighted by molar-refractivity contribution is 7.09. The van der Waals surface area contributed by atoms with Crippen LogP contribution < -0.4 is 4.74 Å². The maximum atomic E-state index is 12.0. The first kappa shape index (κ1) is 10.8. The number of hydrogen-bond donors (Lipinski definition) is 0. The van der Waals surface area contributed by atoms with Crippen LogP contribution in [0, 0.1) is 6.92 Å². The second-order valence-electron chi connectivity index (χ2n) is 3.14. The number of ether oxygens (including phenoxy) is 1. The molecule has 0 radical (unpaired) electrons. The molecule has 0 saturated carbocycles. The number of nitrogens with zero attached hydrogens (tertiary/aromatic N) is 2. The Balaban J connectivity index is 2.41. The summed E-state index contributed by atoms with van der Waals surface area (Å²) in [7, 11) is 1.51. The molecule has 0 saturated heterocycles. The zero-order valence-corrected chi connectivity index (χ0v) is 9.75. The molecule has 0 spiro atoms. The molecule has 0 fully saturated rings. The van der Waals surface area contributed by atoms with Crippen molar-refractivity contribution in [3.8, 4) is 5.75 Å². The van der Waals surface area contributed by atoms with Crippen molar-refractivity contribution in [3.05, 3.63) is 40.1 Å². The van der Waals surface area contributed by atoms with Crippen molar-refractivity contribution in [2.75, 3.05) is 7.11 Å². The van der Waals surface area contributed by atoms with Gasteiger partial charge in [0.1, 0.15) is 11.4 Å². The number of aryl methyl sites for hydroxylation is 1. The largest absolute Gasteiger partial charge is 0.494 e. The highest BCUT2D eigenvalue weighted by Gasteiger charge is 2.17. The monoisotopic (exact) mass is 234 g/mol. The van der Waals surface area contributed by atoms with E-state index in [1.807, 2.05) is 6.92 Å². The molecule has 16 heavy (non-hydrogen) atoms. The van der Waals surface area contributed by atoms with Crippen molar-refractivity contribution in [2.45, 2.75) is 6.92 Å². The third-order valence-electron chi connectivity index (χ3n) is 2.06. The molecule has 0 unspecified atom stereocenters. The summed E-state index contributed by atoms with van der Waals surface area (Å²) in [6, 6.07) is 3.43. The highest BCUT2D eigenvalue weighted by atomic mass is 32.1. The maximum absolute atomic E-state index is 12.0. The van der Waals surface area contributed by atoms with Crippen molar-refractivity contribution >= 4 is 17.1 Å². The van der Waals surface area contributed by atoms with E-state index in [4.69, 9.17) is 4.74 Å². The van der Waals surface area contributed by atoms with E-state index in [-0.39, 0.29) is 5.78 Å². The third-order valence-corrected chi connectivity index (χ3v) is 2.83. The van der Waals surface area contributed by atoms with Crippen LogP contribution in [0.5, 0.6) is 5.75 Å². The number of hydrogen-bond acceptors (Lipinski definition) is 5. The van der Waals surface area contributed by atoms with Crippen LogP contribution in [0.2, 0.25) is 0 Å². The van der Waals surface area contributed by atoms with Crippen LogP contribution in [0.3, 0.4) is 0 Å². The van der Waals surface area contributed by atoms with E-state index in [9.17, 15) is 4.79 Å². The molecule has 2 rings (SSSR count). The van der Waals surface area contributed by atoms with Crippen molar-refractivity contribution in [1.82, 2.24) is 9.97 Å². The van der Waals surface area contributed by atoms with Gasteiger partial charge in [-0.05, 0) is 19.1 Å². The minimum absolute atomic E-state index is 0.207. The van der Waals surface area contributed by atoms with Gasteiger partial charge in [-0.1, -0.05) is 0 Å². The van der Waals surface area contributed by atoms with Gasteiger partial charge in [-0.3, -0.25) is 4.79 Å². The molecule has 4 nitrogen and oxygen atoms in total. The molecule has 0 aliphatic heterocycles. The Morgan fingerprint density at radius 1 is 1.50 bits per heavy atom. The summed E-state index contributed by atoms with van der Waals surface area (Å²) in [6.07, 6.45) is 1.56. The molecule has 2 heterocycles. The van der Waals surface area contributed by atoms with Crippen LogP contribution in [0.15, 0.2) is 23.7 Å². The van der Waals surface area contributed by atoms with E-state index in [0.29, 0.717) is 17.1 Å². The third kappa shape index (κ3) is 1.94. The molecule has 82 valence electrons. The molecule has 0 N–H and O–H groups in total. The van der Waals surface area contributed by atoms with Gasteiger partial charge in [0, 0.05) is 11.6 Å². The fraction of sp³-hybridized carbons (Fsp3) is 0.182. The summed E-state index contributed by atoms with van der Waals surface area (Å²) >= 11 is 1.44. The van der Waals surface area contributed by atoms with Gasteiger partial charge in [-0.15, -0.1) is 11.3 Å². The predicted octanol–water partition coefficient (Wildman–Crippen LogP) is 2.09. The summed E-state index contributed by atoms with van der Waals surface area (Å²) in [4.78, 5) is 20.2. The molecule has 2 aromatic rings. The summed E-state index contributed by atoms with van der Waals surface area (Å²) in [5.74, 6) is 0.264. The quantitative estimate of drug-likeness (QED) is 0.763.